The first-order valence-corrected chi connectivity index (χ1v) is 7.56. The van der Waals surface area contributed by atoms with Crippen molar-refractivity contribution < 1.29 is 14.6 Å². The molecule has 1 aliphatic heterocycles. The van der Waals surface area contributed by atoms with E-state index in [9.17, 15) is 25.0 Å². The number of carbonyl (C=O) groups is 1. The normalized spacial score (nSPS) is 22.0. The van der Waals surface area contributed by atoms with Gasteiger partial charge in [-0.15, -0.1) is 11.8 Å². The molecule has 2 unspecified atom stereocenters. The van der Waals surface area contributed by atoms with E-state index in [1.165, 1.54) is 47.9 Å². The number of amides is 1. The Balaban J connectivity index is 2.09. The third-order valence-electron chi connectivity index (χ3n) is 3.66. The van der Waals surface area contributed by atoms with Gasteiger partial charge in [0, 0.05) is 36.1 Å². The van der Waals surface area contributed by atoms with E-state index >= 15 is 0 Å². The Labute approximate surface area is 134 Å². The summed E-state index contributed by atoms with van der Waals surface area (Å²) in [6.45, 7) is 1.40. The Morgan fingerprint density at radius 1 is 1.26 bits per heavy atom. The van der Waals surface area contributed by atoms with E-state index < -0.39 is 9.85 Å². The highest BCUT2D eigenvalue weighted by molar-refractivity contribution is 8.00. The number of nitro groups is 2. The maximum absolute atomic E-state index is 12.0. The van der Waals surface area contributed by atoms with Crippen LogP contribution in [-0.2, 0) is 4.79 Å². The topological polar surface area (TPSA) is 107 Å². The van der Waals surface area contributed by atoms with Crippen molar-refractivity contribution in [2.24, 2.45) is 0 Å². The molecule has 0 fully saturated rings. The van der Waals surface area contributed by atoms with E-state index in [0.29, 0.717) is 10.6 Å². The van der Waals surface area contributed by atoms with Crippen molar-refractivity contribution in [3.8, 4) is 0 Å². The van der Waals surface area contributed by atoms with Crippen LogP contribution in [0.5, 0.6) is 0 Å². The van der Waals surface area contributed by atoms with Gasteiger partial charge in [-0.1, -0.05) is 6.08 Å². The number of fused-ring (bicyclic) bond motifs is 2. The summed E-state index contributed by atoms with van der Waals surface area (Å²) in [7, 11) is 0. The van der Waals surface area contributed by atoms with Crippen LogP contribution in [0, 0.1) is 20.2 Å². The Bertz CT molecular complexity index is 789. The van der Waals surface area contributed by atoms with Crippen LogP contribution >= 0.6 is 11.8 Å². The van der Waals surface area contributed by atoms with Gasteiger partial charge < -0.3 is 4.90 Å². The lowest BCUT2D eigenvalue weighted by molar-refractivity contribution is -0.419. The van der Waals surface area contributed by atoms with Gasteiger partial charge in [-0.05, 0) is 6.07 Å². The van der Waals surface area contributed by atoms with Crippen molar-refractivity contribution in [2.75, 3.05) is 4.90 Å². The molecule has 1 aromatic carbocycles. The predicted molar refractivity (Wildman–Crippen MR) is 83.9 cm³/mol. The van der Waals surface area contributed by atoms with Crippen LogP contribution in [0.15, 0.2) is 47.0 Å². The van der Waals surface area contributed by atoms with Gasteiger partial charge in [0.1, 0.15) is 0 Å². The van der Waals surface area contributed by atoms with Crippen molar-refractivity contribution in [1.29, 1.82) is 0 Å². The molecule has 23 heavy (non-hydrogen) atoms. The lowest BCUT2D eigenvalue weighted by Gasteiger charge is -2.39. The number of rotatable bonds is 2. The largest absolute Gasteiger partial charge is 0.303 e. The average Bonchev–Trinajstić information content (AvgIpc) is 2.50. The minimum Gasteiger partial charge on any atom is -0.303 e. The number of anilines is 1. The highest BCUT2D eigenvalue weighted by atomic mass is 32.2. The third-order valence-corrected chi connectivity index (χ3v) is 4.93. The molecule has 0 saturated heterocycles. The zero-order valence-corrected chi connectivity index (χ0v) is 12.7. The summed E-state index contributed by atoms with van der Waals surface area (Å²) in [5.41, 5.74) is 0.455. The molecule has 0 saturated carbocycles. The van der Waals surface area contributed by atoms with Gasteiger partial charge in [0.05, 0.1) is 26.8 Å². The van der Waals surface area contributed by atoms with Crippen molar-refractivity contribution in [3.63, 3.8) is 0 Å². The lowest BCUT2D eigenvalue weighted by Crippen LogP contribution is -2.47. The molecule has 1 aromatic rings. The van der Waals surface area contributed by atoms with Crippen molar-refractivity contribution in [2.45, 2.75) is 23.1 Å². The molecule has 2 aliphatic rings. The molecule has 1 aliphatic carbocycles. The fraction of sp³-hybridized carbons (Fsp3) is 0.214. The van der Waals surface area contributed by atoms with Crippen LogP contribution in [0.4, 0.5) is 11.4 Å². The van der Waals surface area contributed by atoms with Gasteiger partial charge in [-0.2, -0.15) is 0 Å². The van der Waals surface area contributed by atoms with Gasteiger partial charge in [0.2, 0.25) is 5.91 Å². The maximum Gasteiger partial charge on any atom is 0.270 e. The van der Waals surface area contributed by atoms with E-state index in [2.05, 4.69) is 0 Å². The van der Waals surface area contributed by atoms with Crippen LogP contribution in [0.2, 0.25) is 0 Å². The summed E-state index contributed by atoms with van der Waals surface area (Å²) < 4.78 is 0. The molecule has 1 amide bonds. The van der Waals surface area contributed by atoms with Gasteiger partial charge in [-0.25, -0.2) is 0 Å². The first kappa shape index (κ1) is 15.2. The zero-order valence-electron chi connectivity index (χ0n) is 11.9. The van der Waals surface area contributed by atoms with Crippen LogP contribution in [0.3, 0.4) is 0 Å². The van der Waals surface area contributed by atoms with E-state index in [0.717, 1.165) is 0 Å². The van der Waals surface area contributed by atoms with Crippen molar-refractivity contribution >= 4 is 29.0 Å². The smallest absolute Gasteiger partial charge is 0.270 e. The second kappa shape index (κ2) is 5.51. The number of hydrogen-bond acceptors (Lipinski definition) is 6. The molecule has 0 radical (unpaired) electrons. The van der Waals surface area contributed by atoms with Gasteiger partial charge >= 0.3 is 0 Å². The Morgan fingerprint density at radius 2 is 2.00 bits per heavy atom. The van der Waals surface area contributed by atoms with E-state index in [4.69, 9.17) is 0 Å². The van der Waals surface area contributed by atoms with Crippen LogP contribution in [0.1, 0.15) is 6.92 Å². The average molecular weight is 333 g/mol. The Morgan fingerprint density at radius 3 is 2.61 bits per heavy atom. The molecule has 3 rings (SSSR count). The Hall–Kier alpha value is -2.68. The first-order chi connectivity index (χ1) is 10.9. The molecule has 9 heteroatoms. The number of thioether (sulfide) groups is 1. The van der Waals surface area contributed by atoms with Crippen LogP contribution < -0.4 is 4.90 Å². The Kier molecular flexibility index (Phi) is 3.64. The molecule has 0 N–H and O–H groups in total. The number of nitrogens with zero attached hydrogens (tertiary/aromatic N) is 3. The van der Waals surface area contributed by atoms with Crippen molar-refractivity contribution in [1.82, 2.24) is 0 Å². The third kappa shape index (κ3) is 2.59. The highest BCUT2D eigenvalue weighted by Crippen LogP contribution is 2.45. The minimum absolute atomic E-state index is 0.0452. The number of nitro benzene ring substituents is 1. The maximum atomic E-state index is 12.0. The van der Waals surface area contributed by atoms with Crippen molar-refractivity contribution in [3.05, 3.63) is 62.4 Å². The number of carbonyl (C=O) groups excluding carboxylic acids is 1. The molecule has 8 nitrogen and oxygen atoms in total. The summed E-state index contributed by atoms with van der Waals surface area (Å²) in [4.78, 5) is 35.0. The summed E-state index contributed by atoms with van der Waals surface area (Å²) in [6, 6.07) is 3.93. The molecule has 1 heterocycles. The monoisotopic (exact) mass is 333 g/mol. The molecule has 0 aromatic heterocycles. The molecule has 2 atom stereocenters. The van der Waals surface area contributed by atoms with E-state index in [1.807, 2.05) is 0 Å². The highest BCUT2D eigenvalue weighted by Gasteiger charge is 2.38. The summed E-state index contributed by atoms with van der Waals surface area (Å²) >= 11 is 1.28. The molecular weight excluding hydrogens is 322 g/mol. The van der Waals surface area contributed by atoms with Gasteiger partial charge in [0.15, 0.2) is 0 Å². The quantitative estimate of drug-likeness (QED) is 0.608. The fourth-order valence-corrected chi connectivity index (χ4v) is 4.01. The second-order valence-electron chi connectivity index (χ2n) is 5.08. The predicted octanol–water partition coefficient (Wildman–Crippen LogP) is 2.52. The second-order valence-corrected chi connectivity index (χ2v) is 6.30. The molecular formula is C14H11N3O5S. The zero-order chi connectivity index (χ0) is 16.7. The van der Waals surface area contributed by atoms with Crippen LogP contribution in [-0.4, -0.2) is 27.0 Å². The van der Waals surface area contributed by atoms with Crippen LogP contribution in [0.25, 0.3) is 0 Å². The van der Waals surface area contributed by atoms with Gasteiger partial charge in [-0.3, -0.25) is 25.0 Å². The first-order valence-electron chi connectivity index (χ1n) is 6.68. The standard InChI is InChI=1S/C14H11N3O5S/c1-8(18)15-11-4-2-9(16(19)20)6-13(11)23-14-7-10(17(21)22)3-5-12(14)15/h2-7,11,13H,1H3. The number of non-ortho nitro benzene ring substituents is 1. The summed E-state index contributed by atoms with van der Waals surface area (Å²) in [6.07, 6.45) is 4.49. The van der Waals surface area contributed by atoms with E-state index in [1.54, 1.807) is 12.1 Å². The summed E-state index contributed by atoms with van der Waals surface area (Å²) in [5, 5.41) is 21.5. The van der Waals surface area contributed by atoms with Gasteiger partial charge in [0.25, 0.3) is 11.4 Å². The number of benzene rings is 1. The number of allylic oxidation sites excluding steroid dienone is 1. The number of hydrogen-bond donors (Lipinski definition) is 0. The SMILES string of the molecule is CC(=O)N1c2ccc([N+](=O)[O-])cc2SC2C=C([N+](=O)[O-])C=CC21. The minimum atomic E-state index is -0.510. The lowest BCUT2D eigenvalue weighted by atomic mass is 10.0. The molecule has 0 spiro atoms. The van der Waals surface area contributed by atoms with E-state index in [-0.39, 0.29) is 28.6 Å². The molecule has 118 valence electrons. The summed E-state index contributed by atoms with van der Waals surface area (Å²) in [5.74, 6) is -0.224. The fourth-order valence-electron chi connectivity index (χ4n) is 2.68. The molecule has 0 bridgehead atoms.